The Balaban J connectivity index is 2.16. The van der Waals surface area contributed by atoms with Crippen molar-refractivity contribution >= 4 is 18.2 Å². The van der Waals surface area contributed by atoms with Gasteiger partial charge in [0.15, 0.2) is 0 Å². The Morgan fingerprint density at radius 3 is 2.29 bits per heavy atom. The first-order chi connectivity index (χ1) is 9.77. The van der Waals surface area contributed by atoms with Gasteiger partial charge in [-0.2, -0.15) is 0 Å². The lowest BCUT2D eigenvalue weighted by Gasteiger charge is -2.32. The number of hydrogen-bond acceptors (Lipinski definition) is 3. The Bertz CT molecular complexity index is 557. The first kappa shape index (κ1) is 15.7. The minimum Gasteiger partial charge on any atom is -0.399 e. The number of aromatic nitrogens is 1. The van der Waals surface area contributed by atoms with Crippen LogP contribution in [0, 0.1) is 0 Å². The van der Waals surface area contributed by atoms with E-state index in [1.165, 1.54) is 0 Å². The summed E-state index contributed by atoms with van der Waals surface area (Å²) in [6, 6.07) is 3.90. The van der Waals surface area contributed by atoms with E-state index in [9.17, 15) is 0 Å². The number of pyridine rings is 1. The zero-order valence-electron chi connectivity index (χ0n) is 13.2. The van der Waals surface area contributed by atoms with Crippen molar-refractivity contribution in [1.82, 2.24) is 4.98 Å². The van der Waals surface area contributed by atoms with E-state index in [1.807, 2.05) is 52.0 Å². The van der Waals surface area contributed by atoms with Crippen LogP contribution in [0.1, 0.15) is 33.4 Å². The fourth-order valence-electron chi connectivity index (χ4n) is 1.98. The third-order valence-corrected chi connectivity index (χ3v) is 4.07. The van der Waals surface area contributed by atoms with Crippen LogP contribution in [-0.4, -0.2) is 23.3 Å². The predicted molar refractivity (Wildman–Crippen MR) is 88.3 cm³/mol. The van der Waals surface area contributed by atoms with Gasteiger partial charge in [0, 0.05) is 11.7 Å². The summed E-state index contributed by atoms with van der Waals surface area (Å²) in [4.78, 5) is 4.43. The van der Waals surface area contributed by atoms with Gasteiger partial charge in [0.05, 0.1) is 16.9 Å². The summed E-state index contributed by atoms with van der Waals surface area (Å²) in [6.45, 7) is 15.8. The lowest BCUT2D eigenvalue weighted by Crippen LogP contribution is -2.41. The third kappa shape index (κ3) is 3.17. The molecule has 1 aliphatic heterocycles. The van der Waals surface area contributed by atoms with Crippen molar-refractivity contribution < 1.29 is 9.31 Å². The molecule has 0 radical (unpaired) electrons. The monoisotopic (exact) mass is 283 g/mol. The van der Waals surface area contributed by atoms with E-state index in [-0.39, 0.29) is 18.3 Å². The SMILES string of the molecule is C=C/C=C\C(=C)c1ccc(B2OC(C)(C)C(C)(C)O2)cn1. The van der Waals surface area contributed by atoms with Crippen LogP contribution in [-0.2, 0) is 9.31 Å². The van der Waals surface area contributed by atoms with E-state index in [2.05, 4.69) is 18.1 Å². The Morgan fingerprint density at radius 2 is 1.81 bits per heavy atom. The molecule has 1 aromatic rings. The summed E-state index contributed by atoms with van der Waals surface area (Å²) in [5.41, 5.74) is 1.90. The van der Waals surface area contributed by atoms with Crippen LogP contribution in [0.2, 0.25) is 0 Å². The van der Waals surface area contributed by atoms with Crippen LogP contribution in [0.3, 0.4) is 0 Å². The van der Waals surface area contributed by atoms with E-state index in [1.54, 1.807) is 12.3 Å². The van der Waals surface area contributed by atoms with Gasteiger partial charge in [-0.25, -0.2) is 0 Å². The molecule has 0 bridgehead atoms. The highest BCUT2D eigenvalue weighted by Gasteiger charge is 2.51. The first-order valence-electron chi connectivity index (χ1n) is 7.07. The molecule has 21 heavy (non-hydrogen) atoms. The van der Waals surface area contributed by atoms with Crippen molar-refractivity contribution in [2.24, 2.45) is 0 Å². The van der Waals surface area contributed by atoms with Gasteiger partial charge >= 0.3 is 7.12 Å². The molecule has 0 aliphatic carbocycles. The number of rotatable bonds is 4. The molecule has 2 rings (SSSR count). The second-order valence-corrected chi connectivity index (χ2v) is 6.19. The van der Waals surface area contributed by atoms with Crippen LogP contribution in [0.4, 0.5) is 0 Å². The van der Waals surface area contributed by atoms with Gasteiger partial charge in [-0.15, -0.1) is 0 Å². The van der Waals surface area contributed by atoms with Gasteiger partial charge in [-0.05, 0) is 39.3 Å². The summed E-state index contributed by atoms with van der Waals surface area (Å²) < 4.78 is 12.0. The molecule has 0 atom stereocenters. The lowest BCUT2D eigenvalue weighted by atomic mass is 9.80. The molecule has 0 aromatic carbocycles. The molecule has 0 saturated carbocycles. The smallest absolute Gasteiger partial charge is 0.399 e. The lowest BCUT2D eigenvalue weighted by molar-refractivity contribution is 0.00578. The molecule has 2 heterocycles. The third-order valence-electron chi connectivity index (χ3n) is 4.07. The Morgan fingerprint density at radius 1 is 1.19 bits per heavy atom. The normalized spacial score (nSPS) is 19.9. The van der Waals surface area contributed by atoms with E-state index in [0.29, 0.717) is 0 Å². The summed E-state index contributed by atoms with van der Waals surface area (Å²) in [5, 5.41) is 0. The Kier molecular flexibility index (Phi) is 4.21. The van der Waals surface area contributed by atoms with Crippen LogP contribution >= 0.6 is 0 Å². The highest BCUT2D eigenvalue weighted by atomic mass is 16.7. The molecule has 0 spiro atoms. The summed E-state index contributed by atoms with van der Waals surface area (Å²) in [5.74, 6) is 0. The molecule has 1 aliphatic rings. The van der Waals surface area contributed by atoms with Gasteiger partial charge in [0.2, 0.25) is 0 Å². The zero-order valence-corrected chi connectivity index (χ0v) is 13.2. The Hall–Kier alpha value is -1.65. The second-order valence-electron chi connectivity index (χ2n) is 6.19. The average Bonchev–Trinajstić information content (AvgIpc) is 2.65. The summed E-state index contributed by atoms with van der Waals surface area (Å²) in [6.07, 6.45) is 7.21. The molecular formula is C17H22BNO2. The van der Waals surface area contributed by atoms with Crippen molar-refractivity contribution in [3.8, 4) is 0 Å². The fraction of sp³-hybridized carbons (Fsp3) is 0.353. The van der Waals surface area contributed by atoms with E-state index in [4.69, 9.17) is 9.31 Å². The first-order valence-corrected chi connectivity index (χ1v) is 7.07. The molecule has 4 heteroatoms. The molecule has 110 valence electrons. The van der Waals surface area contributed by atoms with Crippen LogP contribution in [0.15, 0.2) is 49.7 Å². The van der Waals surface area contributed by atoms with E-state index >= 15 is 0 Å². The zero-order chi connectivity index (χ0) is 15.7. The topological polar surface area (TPSA) is 31.4 Å². The van der Waals surface area contributed by atoms with Crippen molar-refractivity contribution in [2.75, 3.05) is 0 Å². The van der Waals surface area contributed by atoms with Crippen LogP contribution < -0.4 is 5.46 Å². The molecule has 1 saturated heterocycles. The van der Waals surface area contributed by atoms with Gasteiger partial charge in [0.25, 0.3) is 0 Å². The van der Waals surface area contributed by atoms with Crippen LogP contribution in [0.5, 0.6) is 0 Å². The van der Waals surface area contributed by atoms with Crippen molar-refractivity contribution in [3.05, 3.63) is 55.4 Å². The number of nitrogens with zero attached hydrogens (tertiary/aromatic N) is 1. The minimum absolute atomic E-state index is 0.341. The predicted octanol–water partition coefficient (Wildman–Crippen LogP) is 3.14. The van der Waals surface area contributed by atoms with Gasteiger partial charge in [-0.3, -0.25) is 4.98 Å². The highest BCUT2D eigenvalue weighted by Crippen LogP contribution is 2.36. The van der Waals surface area contributed by atoms with Gasteiger partial charge < -0.3 is 9.31 Å². The maximum atomic E-state index is 6.00. The molecular weight excluding hydrogens is 261 g/mol. The molecule has 0 amide bonds. The quantitative estimate of drug-likeness (QED) is 0.628. The molecule has 1 fully saturated rings. The number of hydrogen-bond donors (Lipinski definition) is 0. The molecule has 1 aromatic heterocycles. The largest absolute Gasteiger partial charge is 0.496 e. The summed E-state index contributed by atoms with van der Waals surface area (Å²) in [7, 11) is -0.381. The summed E-state index contributed by atoms with van der Waals surface area (Å²) >= 11 is 0. The maximum absolute atomic E-state index is 6.00. The second kappa shape index (κ2) is 5.62. The molecule has 3 nitrogen and oxygen atoms in total. The Labute approximate surface area is 127 Å². The molecule has 0 unspecified atom stereocenters. The van der Waals surface area contributed by atoms with Crippen molar-refractivity contribution in [2.45, 2.75) is 38.9 Å². The van der Waals surface area contributed by atoms with Crippen molar-refractivity contribution in [3.63, 3.8) is 0 Å². The minimum atomic E-state index is -0.381. The highest BCUT2D eigenvalue weighted by molar-refractivity contribution is 6.62. The van der Waals surface area contributed by atoms with E-state index in [0.717, 1.165) is 16.7 Å². The standard InChI is InChI=1S/C17H22BNO2/c1-7-8-9-13(2)15-11-10-14(12-19-15)18-20-16(3,4)17(5,6)21-18/h7-12H,1-2H2,3-6H3/b9-8-. The van der Waals surface area contributed by atoms with Crippen molar-refractivity contribution in [1.29, 1.82) is 0 Å². The average molecular weight is 283 g/mol. The fourth-order valence-corrected chi connectivity index (χ4v) is 1.98. The molecule has 0 N–H and O–H groups in total. The maximum Gasteiger partial charge on any atom is 0.496 e. The van der Waals surface area contributed by atoms with Gasteiger partial charge in [0.1, 0.15) is 0 Å². The van der Waals surface area contributed by atoms with Crippen LogP contribution in [0.25, 0.3) is 5.57 Å². The van der Waals surface area contributed by atoms with E-state index < -0.39 is 0 Å². The van der Waals surface area contributed by atoms with Gasteiger partial charge in [-0.1, -0.05) is 37.5 Å². The number of allylic oxidation sites excluding steroid dienone is 4.